The second-order valence-corrected chi connectivity index (χ2v) is 3.88. The van der Waals surface area contributed by atoms with Crippen LogP contribution in [0, 0.1) is 5.82 Å². The molecule has 0 saturated heterocycles. The molecule has 0 saturated carbocycles. The predicted octanol–water partition coefficient (Wildman–Crippen LogP) is 3.48. The van der Waals surface area contributed by atoms with Crippen LogP contribution in [0.15, 0.2) is 17.5 Å². The Kier molecular flexibility index (Phi) is 2.14. The van der Waals surface area contributed by atoms with Crippen molar-refractivity contribution >= 4 is 33.0 Å². The number of phenolic OH excluding ortho intramolecular Hbond substituents is 1. The molecule has 0 fully saturated rings. The van der Waals surface area contributed by atoms with Crippen molar-refractivity contribution < 1.29 is 9.50 Å². The lowest BCUT2D eigenvalue weighted by atomic mass is 10.1. The summed E-state index contributed by atoms with van der Waals surface area (Å²) in [6, 6.07) is 3.36. The monoisotopic (exact) mass is 216 g/mol. The van der Waals surface area contributed by atoms with Crippen LogP contribution in [0.3, 0.4) is 0 Å². The number of hydrogen-bond donors (Lipinski definition) is 1. The van der Waals surface area contributed by atoms with Gasteiger partial charge < -0.3 is 5.11 Å². The molecule has 2 aromatic rings. The molecule has 0 aliphatic rings. The zero-order valence-corrected chi connectivity index (χ0v) is 8.12. The van der Waals surface area contributed by atoms with Gasteiger partial charge in [0.1, 0.15) is 0 Å². The molecule has 0 amide bonds. The fourth-order valence-corrected chi connectivity index (χ4v) is 2.26. The maximum atomic E-state index is 13.3. The van der Waals surface area contributed by atoms with Crippen molar-refractivity contribution in [2.24, 2.45) is 0 Å². The molecule has 68 valence electrons. The minimum atomic E-state index is -0.610. The topological polar surface area (TPSA) is 20.2 Å². The van der Waals surface area contributed by atoms with E-state index in [2.05, 4.69) is 0 Å². The van der Waals surface area contributed by atoms with E-state index < -0.39 is 5.82 Å². The molecule has 0 aliphatic carbocycles. The maximum Gasteiger partial charge on any atom is 0.169 e. The first-order valence-electron chi connectivity index (χ1n) is 3.67. The van der Waals surface area contributed by atoms with Crippen molar-refractivity contribution in [1.29, 1.82) is 0 Å². The minimum Gasteiger partial charge on any atom is -0.504 e. The van der Waals surface area contributed by atoms with Crippen molar-refractivity contribution in [3.63, 3.8) is 0 Å². The van der Waals surface area contributed by atoms with Gasteiger partial charge in [-0.1, -0.05) is 0 Å². The van der Waals surface area contributed by atoms with Crippen LogP contribution in [0.1, 0.15) is 5.56 Å². The number of benzene rings is 1. The summed E-state index contributed by atoms with van der Waals surface area (Å²) in [6.07, 6.45) is 0. The van der Waals surface area contributed by atoms with E-state index in [0.717, 1.165) is 4.70 Å². The van der Waals surface area contributed by atoms with Crippen molar-refractivity contribution in [1.82, 2.24) is 0 Å². The fraction of sp³-hybridized carbons (Fsp3) is 0.111. The highest BCUT2D eigenvalue weighted by atomic mass is 35.5. The number of alkyl halides is 1. The molecule has 0 atom stereocenters. The molecule has 2 rings (SSSR count). The lowest BCUT2D eigenvalue weighted by Gasteiger charge is -2.02. The minimum absolute atomic E-state index is 0.0766. The normalized spacial score (nSPS) is 10.9. The number of aromatic hydroxyl groups is 1. The predicted molar refractivity (Wildman–Crippen MR) is 53.0 cm³/mol. The van der Waals surface area contributed by atoms with Crippen molar-refractivity contribution in [3.8, 4) is 5.75 Å². The Hall–Kier alpha value is -0.800. The van der Waals surface area contributed by atoms with Crippen molar-refractivity contribution in [2.45, 2.75) is 5.88 Å². The Morgan fingerprint density at radius 2 is 2.31 bits per heavy atom. The highest BCUT2D eigenvalue weighted by Crippen LogP contribution is 2.34. The van der Waals surface area contributed by atoms with Gasteiger partial charge in [-0.05, 0) is 17.5 Å². The van der Waals surface area contributed by atoms with E-state index in [1.165, 1.54) is 11.3 Å². The third-order valence-corrected chi connectivity index (χ3v) is 3.04. The van der Waals surface area contributed by atoms with Gasteiger partial charge >= 0.3 is 0 Å². The third kappa shape index (κ3) is 1.28. The summed E-state index contributed by atoms with van der Waals surface area (Å²) in [5.74, 6) is -0.831. The number of halogens is 2. The first-order chi connectivity index (χ1) is 6.24. The Balaban J connectivity index is 2.83. The maximum absolute atomic E-state index is 13.3. The number of hydrogen-bond acceptors (Lipinski definition) is 2. The van der Waals surface area contributed by atoms with E-state index in [1.807, 2.05) is 5.38 Å². The first kappa shape index (κ1) is 8.78. The van der Waals surface area contributed by atoms with E-state index in [9.17, 15) is 9.50 Å². The summed E-state index contributed by atoms with van der Waals surface area (Å²) in [5.41, 5.74) is 0.342. The number of phenols is 1. The van der Waals surface area contributed by atoms with Gasteiger partial charge in [0.15, 0.2) is 11.6 Å². The average molecular weight is 217 g/mol. The Morgan fingerprint density at radius 3 is 3.00 bits per heavy atom. The van der Waals surface area contributed by atoms with E-state index in [4.69, 9.17) is 11.6 Å². The van der Waals surface area contributed by atoms with Gasteiger partial charge in [0.25, 0.3) is 0 Å². The van der Waals surface area contributed by atoms with Gasteiger partial charge in [-0.25, -0.2) is 4.39 Å². The molecule has 1 aromatic carbocycles. The zero-order chi connectivity index (χ0) is 9.42. The van der Waals surface area contributed by atoms with Gasteiger partial charge in [0.05, 0.1) is 5.88 Å². The molecule has 0 spiro atoms. The molecule has 4 heteroatoms. The van der Waals surface area contributed by atoms with Crippen LogP contribution in [0.25, 0.3) is 10.1 Å². The molecule has 1 aromatic heterocycles. The SMILES string of the molecule is Oc1c(F)c(CCl)cc2sccc12. The number of fused-ring (bicyclic) bond motifs is 1. The second kappa shape index (κ2) is 3.16. The summed E-state index contributed by atoms with van der Waals surface area (Å²) in [7, 11) is 0. The van der Waals surface area contributed by atoms with E-state index in [1.54, 1.807) is 12.1 Å². The van der Waals surface area contributed by atoms with Crippen LogP contribution in [0.2, 0.25) is 0 Å². The third-order valence-electron chi connectivity index (χ3n) is 1.89. The number of thiophene rings is 1. The smallest absolute Gasteiger partial charge is 0.169 e. The van der Waals surface area contributed by atoms with Gasteiger partial charge in [-0.15, -0.1) is 22.9 Å². The summed E-state index contributed by atoms with van der Waals surface area (Å²) in [6.45, 7) is 0. The lowest BCUT2D eigenvalue weighted by molar-refractivity contribution is 0.436. The highest BCUT2D eigenvalue weighted by molar-refractivity contribution is 7.17. The standard InChI is InChI=1S/C9H6ClFOS/c10-4-5-3-7-6(1-2-13-7)9(12)8(5)11/h1-3,12H,4H2. The van der Waals surface area contributed by atoms with Crippen LogP contribution in [0.4, 0.5) is 4.39 Å². The van der Waals surface area contributed by atoms with Crippen LogP contribution < -0.4 is 0 Å². The molecule has 1 N–H and O–H groups in total. The largest absolute Gasteiger partial charge is 0.504 e. The summed E-state index contributed by atoms with van der Waals surface area (Å²) in [5, 5.41) is 11.8. The Labute approximate surface area is 83.4 Å². The van der Waals surface area contributed by atoms with Crippen LogP contribution in [-0.4, -0.2) is 5.11 Å². The van der Waals surface area contributed by atoms with Crippen molar-refractivity contribution in [2.75, 3.05) is 0 Å². The first-order valence-corrected chi connectivity index (χ1v) is 5.09. The molecule has 0 unspecified atom stereocenters. The molecule has 0 aliphatic heterocycles. The van der Waals surface area contributed by atoms with Gasteiger partial charge in [-0.2, -0.15) is 0 Å². The van der Waals surface area contributed by atoms with Gasteiger partial charge in [0.2, 0.25) is 0 Å². The second-order valence-electron chi connectivity index (χ2n) is 2.66. The molecule has 1 heterocycles. The molecular weight excluding hydrogens is 211 g/mol. The van der Waals surface area contributed by atoms with Crippen LogP contribution >= 0.6 is 22.9 Å². The zero-order valence-electron chi connectivity index (χ0n) is 6.55. The molecule has 13 heavy (non-hydrogen) atoms. The Bertz CT molecular complexity index is 452. The van der Waals surface area contributed by atoms with E-state index in [0.29, 0.717) is 10.9 Å². The number of rotatable bonds is 1. The van der Waals surface area contributed by atoms with E-state index in [-0.39, 0.29) is 11.6 Å². The van der Waals surface area contributed by atoms with Gasteiger partial charge in [0, 0.05) is 15.6 Å². The average Bonchev–Trinajstić information content (AvgIpc) is 2.59. The summed E-state index contributed by atoms with van der Waals surface area (Å²) < 4.78 is 14.1. The molecule has 0 radical (unpaired) electrons. The van der Waals surface area contributed by atoms with E-state index >= 15 is 0 Å². The van der Waals surface area contributed by atoms with Crippen molar-refractivity contribution in [3.05, 3.63) is 28.9 Å². The molecule has 0 bridgehead atoms. The molecular formula is C9H6ClFOS. The highest BCUT2D eigenvalue weighted by Gasteiger charge is 2.12. The molecule has 1 nitrogen and oxygen atoms in total. The van der Waals surface area contributed by atoms with Crippen LogP contribution in [-0.2, 0) is 5.88 Å². The lowest BCUT2D eigenvalue weighted by Crippen LogP contribution is -1.86. The van der Waals surface area contributed by atoms with Gasteiger partial charge in [-0.3, -0.25) is 0 Å². The quantitative estimate of drug-likeness (QED) is 0.724. The van der Waals surface area contributed by atoms with Crippen LogP contribution in [0.5, 0.6) is 5.75 Å². The Morgan fingerprint density at radius 1 is 1.54 bits per heavy atom. The summed E-state index contributed by atoms with van der Waals surface area (Å²) >= 11 is 6.98. The fourth-order valence-electron chi connectivity index (χ4n) is 1.22. The summed E-state index contributed by atoms with van der Waals surface area (Å²) in [4.78, 5) is 0.